The largest absolute Gasteiger partial charge is 0.467 e. The number of benzene rings is 2. The fourth-order valence-corrected chi connectivity index (χ4v) is 6.03. The van der Waals surface area contributed by atoms with Crippen LogP contribution in [0, 0.1) is 11.3 Å². The molecule has 0 aliphatic carbocycles. The maximum Gasteiger partial charge on any atom is 0.262 e. The van der Waals surface area contributed by atoms with E-state index in [1.807, 2.05) is 36.4 Å². The number of nitriles is 1. The average Bonchev–Trinajstić information content (AvgIpc) is 3.66. The second-order valence-corrected chi connectivity index (χ2v) is 11.1. The average molecular weight is 542 g/mol. The van der Waals surface area contributed by atoms with Crippen molar-refractivity contribution < 1.29 is 17.6 Å². The van der Waals surface area contributed by atoms with Gasteiger partial charge in [-0.25, -0.2) is 13.1 Å². The van der Waals surface area contributed by atoms with Crippen molar-refractivity contribution in [1.29, 1.82) is 5.26 Å². The number of piperidine rings is 1. The molecule has 2 aromatic carbocycles. The molecule has 0 unspecified atom stereocenters. The van der Waals surface area contributed by atoms with Gasteiger partial charge in [0.05, 0.1) is 23.4 Å². The number of para-hydroxylation sites is 1. The number of hydrogen-bond donors (Lipinski definition) is 1. The number of amides is 1. The summed E-state index contributed by atoms with van der Waals surface area (Å²) in [6.07, 6.45) is 7.39. The van der Waals surface area contributed by atoms with Crippen molar-refractivity contribution in [2.24, 2.45) is 0 Å². The highest BCUT2D eigenvalue weighted by Gasteiger charge is 2.26. The first-order valence-electron chi connectivity index (χ1n) is 12.6. The molecule has 39 heavy (non-hydrogen) atoms. The molecule has 1 saturated heterocycles. The Bertz CT molecular complexity index is 1630. The van der Waals surface area contributed by atoms with Crippen LogP contribution in [-0.4, -0.2) is 41.5 Å². The first kappa shape index (κ1) is 26.2. The first-order valence-corrected chi connectivity index (χ1v) is 14.1. The highest BCUT2D eigenvalue weighted by molar-refractivity contribution is 7.89. The number of aromatic nitrogens is 2. The fraction of sp³-hybridized carbons (Fsp3) is 0.207. The van der Waals surface area contributed by atoms with Crippen LogP contribution in [0.4, 0.5) is 0 Å². The van der Waals surface area contributed by atoms with Crippen molar-refractivity contribution in [3.05, 3.63) is 96.1 Å². The number of nitrogens with one attached hydrogen (secondary N) is 1. The summed E-state index contributed by atoms with van der Waals surface area (Å²) in [7, 11) is -3.66. The normalized spacial score (nSPS) is 14.6. The zero-order valence-corrected chi connectivity index (χ0v) is 22.0. The Balaban J connectivity index is 1.53. The minimum atomic E-state index is -3.66. The molecule has 198 valence electrons. The zero-order valence-electron chi connectivity index (χ0n) is 21.2. The zero-order chi connectivity index (χ0) is 27.2. The summed E-state index contributed by atoms with van der Waals surface area (Å²) in [5.41, 5.74) is 2.16. The molecule has 0 spiro atoms. The van der Waals surface area contributed by atoms with Crippen molar-refractivity contribution in [2.45, 2.75) is 30.7 Å². The lowest BCUT2D eigenvalue weighted by Gasteiger charge is -2.26. The van der Waals surface area contributed by atoms with Gasteiger partial charge in [0, 0.05) is 30.4 Å². The Labute approximate surface area is 227 Å². The highest BCUT2D eigenvalue weighted by atomic mass is 32.2. The topological polar surface area (TPSA) is 121 Å². The lowest BCUT2D eigenvalue weighted by atomic mass is 10.1. The van der Waals surface area contributed by atoms with Gasteiger partial charge in [-0.1, -0.05) is 36.8 Å². The number of sulfonamides is 1. The molecule has 1 fully saturated rings. The third-order valence-corrected chi connectivity index (χ3v) is 8.39. The quantitative estimate of drug-likeness (QED) is 0.258. The smallest absolute Gasteiger partial charge is 0.262 e. The van der Waals surface area contributed by atoms with E-state index in [0.717, 1.165) is 24.9 Å². The van der Waals surface area contributed by atoms with Crippen molar-refractivity contribution in [3.8, 4) is 23.0 Å². The Hall–Kier alpha value is -4.46. The second kappa shape index (κ2) is 11.5. The van der Waals surface area contributed by atoms with Crippen molar-refractivity contribution in [1.82, 2.24) is 19.4 Å². The third-order valence-electron chi connectivity index (χ3n) is 6.49. The molecule has 10 heteroatoms. The summed E-state index contributed by atoms with van der Waals surface area (Å²) in [6.45, 7) is 1.14. The van der Waals surface area contributed by atoms with E-state index >= 15 is 0 Å². The van der Waals surface area contributed by atoms with Gasteiger partial charge in [0.15, 0.2) is 0 Å². The van der Waals surface area contributed by atoms with E-state index in [1.165, 1.54) is 16.6 Å². The summed E-state index contributed by atoms with van der Waals surface area (Å²) >= 11 is 0. The number of carbonyl (C=O) groups is 1. The molecule has 1 amide bonds. The molecule has 5 rings (SSSR count). The van der Waals surface area contributed by atoms with Crippen LogP contribution >= 0.6 is 0 Å². The van der Waals surface area contributed by atoms with Gasteiger partial charge in [-0.15, -0.1) is 0 Å². The van der Waals surface area contributed by atoms with E-state index in [4.69, 9.17) is 9.52 Å². The number of nitrogens with zero attached hydrogens (tertiary/aromatic N) is 4. The molecule has 0 radical (unpaired) electrons. The number of rotatable bonds is 8. The van der Waals surface area contributed by atoms with Crippen LogP contribution in [-0.2, 0) is 21.4 Å². The van der Waals surface area contributed by atoms with Crippen LogP contribution in [0.5, 0.6) is 0 Å². The van der Waals surface area contributed by atoms with Gasteiger partial charge in [0.25, 0.3) is 5.91 Å². The van der Waals surface area contributed by atoms with Gasteiger partial charge in [0.1, 0.15) is 23.1 Å². The molecule has 2 aromatic heterocycles. The van der Waals surface area contributed by atoms with E-state index in [-0.39, 0.29) is 17.0 Å². The van der Waals surface area contributed by atoms with Crippen molar-refractivity contribution in [2.75, 3.05) is 13.1 Å². The lowest BCUT2D eigenvalue weighted by molar-refractivity contribution is -0.117. The van der Waals surface area contributed by atoms with Crippen molar-refractivity contribution in [3.63, 3.8) is 0 Å². The lowest BCUT2D eigenvalue weighted by Crippen LogP contribution is -2.35. The van der Waals surface area contributed by atoms with Crippen LogP contribution in [0.15, 0.2) is 94.1 Å². The monoisotopic (exact) mass is 541 g/mol. The molecular weight excluding hydrogens is 514 g/mol. The molecule has 1 aliphatic rings. The van der Waals surface area contributed by atoms with Crippen LogP contribution in [0.25, 0.3) is 23.0 Å². The summed E-state index contributed by atoms with van der Waals surface area (Å²) in [6, 6.07) is 21.4. The predicted octanol–water partition coefficient (Wildman–Crippen LogP) is 4.53. The Morgan fingerprint density at radius 2 is 1.85 bits per heavy atom. The summed E-state index contributed by atoms with van der Waals surface area (Å²) in [4.78, 5) is 13.0. The molecule has 9 nitrogen and oxygen atoms in total. The van der Waals surface area contributed by atoms with E-state index in [1.54, 1.807) is 47.3 Å². The Morgan fingerprint density at radius 1 is 1.05 bits per heavy atom. The molecular formula is C29H27N5O4S. The summed E-state index contributed by atoms with van der Waals surface area (Å²) < 4.78 is 35.1. The van der Waals surface area contributed by atoms with Crippen LogP contribution < -0.4 is 5.32 Å². The standard InChI is InChI=1S/C29H27N5O4S/c30-19-23(29(35)31-20-26-12-8-16-38-26)17-24-21-34(25-10-3-1-4-11-25)32-28(24)22-9-7-13-27(18-22)39(36,37)33-14-5-2-6-15-33/h1,3-4,7-13,16-18,21H,2,5-6,14-15,20H2,(H,31,35). The van der Waals surface area contributed by atoms with Crippen LogP contribution in [0.1, 0.15) is 30.6 Å². The highest BCUT2D eigenvalue weighted by Crippen LogP contribution is 2.29. The predicted molar refractivity (Wildman–Crippen MR) is 146 cm³/mol. The maximum absolute atomic E-state index is 13.3. The van der Waals surface area contributed by atoms with E-state index < -0.39 is 15.9 Å². The molecule has 4 aromatic rings. The molecule has 1 N–H and O–H groups in total. The minimum absolute atomic E-state index is 0.118. The summed E-state index contributed by atoms with van der Waals surface area (Å²) in [5, 5.41) is 17.2. The van der Waals surface area contributed by atoms with Gasteiger partial charge in [-0.2, -0.15) is 14.7 Å². The van der Waals surface area contributed by atoms with Crippen molar-refractivity contribution >= 4 is 22.0 Å². The van der Waals surface area contributed by atoms with Gasteiger partial charge >= 0.3 is 0 Å². The van der Waals surface area contributed by atoms with E-state index in [9.17, 15) is 18.5 Å². The van der Waals surface area contributed by atoms with Gasteiger partial charge in [0.2, 0.25) is 10.0 Å². The third kappa shape index (κ3) is 5.85. The minimum Gasteiger partial charge on any atom is -0.467 e. The number of carbonyl (C=O) groups excluding carboxylic acids is 1. The Morgan fingerprint density at radius 3 is 2.56 bits per heavy atom. The van der Waals surface area contributed by atoms with Crippen LogP contribution in [0.2, 0.25) is 0 Å². The molecule has 1 aliphatic heterocycles. The fourth-order valence-electron chi connectivity index (χ4n) is 4.47. The second-order valence-electron chi connectivity index (χ2n) is 9.14. The number of furan rings is 1. The van der Waals surface area contributed by atoms with E-state index in [0.29, 0.717) is 35.7 Å². The van der Waals surface area contributed by atoms with Gasteiger partial charge in [-0.3, -0.25) is 4.79 Å². The molecule has 0 atom stereocenters. The van der Waals surface area contributed by atoms with Crippen LogP contribution in [0.3, 0.4) is 0 Å². The first-order chi connectivity index (χ1) is 19.0. The maximum atomic E-state index is 13.3. The van der Waals surface area contributed by atoms with E-state index in [2.05, 4.69) is 5.32 Å². The Kier molecular flexibility index (Phi) is 7.72. The molecule has 0 saturated carbocycles. The SMILES string of the molecule is N#CC(=Cc1cn(-c2ccccc2)nc1-c1cccc(S(=O)(=O)N2CCCCC2)c1)C(=O)NCc1ccco1. The molecule has 3 heterocycles. The summed E-state index contributed by atoms with van der Waals surface area (Å²) in [5.74, 6) is -0.00121. The number of hydrogen-bond acceptors (Lipinski definition) is 6. The molecule has 0 bridgehead atoms. The van der Waals surface area contributed by atoms with Gasteiger partial charge < -0.3 is 9.73 Å². The van der Waals surface area contributed by atoms with Gasteiger partial charge in [-0.05, 0) is 55.3 Å².